The van der Waals surface area contributed by atoms with E-state index in [2.05, 4.69) is 4.99 Å². The lowest BCUT2D eigenvalue weighted by atomic mass is 10.2. The van der Waals surface area contributed by atoms with Crippen LogP contribution in [0.3, 0.4) is 0 Å². The molecule has 2 aromatic carbocycles. The first-order chi connectivity index (χ1) is 7.84. The number of benzene rings is 2. The Balaban J connectivity index is 1.98. The van der Waals surface area contributed by atoms with Crippen LogP contribution in [-0.2, 0) is 6.54 Å². The van der Waals surface area contributed by atoms with Gasteiger partial charge in [-0.3, -0.25) is 4.99 Å². The van der Waals surface area contributed by atoms with Gasteiger partial charge in [-0.05, 0) is 35.4 Å². The molecule has 0 spiro atoms. The van der Waals surface area contributed by atoms with Crippen molar-refractivity contribution in [2.75, 3.05) is 0 Å². The summed E-state index contributed by atoms with van der Waals surface area (Å²) in [5.74, 6) is 0.278. The van der Waals surface area contributed by atoms with Crippen LogP contribution in [0.4, 0.5) is 0 Å². The zero-order valence-electron chi connectivity index (χ0n) is 8.88. The van der Waals surface area contributed by atoms with E-state index in [4.69, 9.17) is 5.11 Å². The number of rotatable bonds is 3. The predicted octanol–water partition coefficient (Wildman–Crippen LogP) is 3.01. The Morgan fingerprint density at radius 3 is 2.31 bits per heavy atom. The van der Waals surface area contributed by atoms with Crippen molar-refractivity contribution in [1.82, 2.24) is 0 Å². The molecule has 0 amide bonds. The van der Waals surface area contributed by atoms with Gasteiger partial charge in [-0.2, -0.15) is 0 Å². The van der Waals surface area contributed by atoms with Crippen LogP contribution in [0.25, 0.3) is 0 Å². The highest BCUT2D eigenvalue weighted by atomic mass is 16.3. The minimum Gasteiger partial charge on any atom is -0.508 e. The summed E-state index contributed by atoms with van der Waals surface area (Å²) in [5, 5.41) is 9.12. The third kappa shape index (κ3) is 2.95. The van der Waals surface area contributed by atoms with Gasteiger partial charge in [-0.15, -0.1) is 0 Å². The van der Waals surface area contributed by atoms with Crippen LogP contribution in [0.2, 0.25) is 0 Å². The standard InChI is InChI=1S/C14H13NO/c16-14-8-6-13(7-9-14)11-15-10-12-4-2-1-3-5-12/h1-9,11,16H,10H2/b15-11-. The van der Waals surface area contributed by atoms with Gasteiger partial charge in [-0.1, -0.05) is 30.3 Å². The van der Waals surface area contributed by atoms with Gasteiger partial charge < -0.3 is 5.11 Å². The smallest absolute Gasteiger partial charge is 0.115 e. The molecule has 2 aromatic rings. The Morgan fingerprint density at radius 2 is 1.62 bits per heavy atom. The van der Waals surface area contributed by atoms with E-state index in [0.29, 0.717) is 6.54 Å². The maximum atomic E-state index is 9.12. The maximum Gasteiger partial charge on any atom is 0.115 e. The van der Waals surface area contributed by atoms with Crippen molar-refractivity contribution >= 4 is 6.21 Å². The van der Waals surface area contributed by atoms with E-state index in [-0.39, 0.29) is 5.75 Å². The molecule has 0 bridgehead atoms. The third-order valence-corrected chi connectivity index (χ3v) is 2.25. The number of hydrogen-bond donors (Lipinski definition) is 1. The van der Waals surface area contributed by atoms with Crippen molar-refractivity contribution in [2.45, 2.75) is 6.54 Å². The Labute approximate surface area is 94.9 Å². The van der Waals surface area contributed by atoms with E-state index >= 15 is 0 Å². The van der Waals surface area contributed by atoms with Gasteiger partial charge in [0.05, 0.1) is 6.54 Å². The minimum absolute atomic E-state index is 0.278. The van der Waals surface area contributed by atoms with Crippen LogP contribution in [0.15, 0.2) is 59.6 Å². The lowest BCUT2D eigenvalue weighted by Gasteiger charge is -1.95. The predicted molar refractivity (Wildman–Crippen MR) is 65.8 cm³/mol. The van der Waals surface area contributed by atoms with Crippen LogP contribution >= 0.6 is 0 Å². The Bertz CT molecular complexity index is 460. The summed E-state index contributed by atoms with van der Waals surface area (Å²) in [6.45, 7) is 0.682. The van der Waals surface area contributed by atoms with Crippen LogP contribution in [-0.4, -0.2) is 11.3 Å². The summed E-state index contributed by atoms with van der Waals surface area (Å²) in [5.41, 5.74) is 2.19. The molecule has 0 saturated carbocycles. The summed E-state index contributed by atoms with van der Waals surface area (Å²) in [7, 11) is 0. The van der Waals surface area contributed by atoms with Gasteiger partial charge in [0.15, 0.2) is 0 Å². The molecule has 2 rings (SSSR count). The quantitative estimate of drug-likeness (QED) is 0.778. The van der Waals surface area contributed by atoms with Gasteiger partial charge in [0.2, 0.25) is 0 Å². The molecule has 0 fully saturated rings. The Kier molecular flexibility index (Phi) is 3.34. The number of hydrogen-bond acceptors (Lipinski definition) is 2. The number of nitrogens with zero attached hydrogens (tertiary/aromatic N) is 1. The van der Waals surface area contributed by atoms with Gasteiger partial charge in [-0.25, -0.2) is 0 Å². The first kappa shape index (κ1) is 10.4. The lowest BCUT2D eigenvalue weighted by molar-refractivity contribution is 0.475. The summed E-state index contributed by atoms with van der Waals surface area (Å²) in [6, 6.07) is 17.1. The van der Waals surface area contributed by atoms with E-state index in [9.17, 15) is 0 Å². The number of aliphatic imine (C=N–C) groups is 1. The molecule has 0 heterocycles. The van der Waals surface area contributed by atoms with Crippen molar-refractivity contribution in [3.05, 3.63) is 65.7 Å². The van der Waals surface area contributed by atoms with Crippen molar-refractivity contribution in [2.24, 2.45) is 4.99 Å². The van der Waals surface area contributed by atoms with Crippen molar-refractivity contribution in [3.63, 3.8) is 0 Å². The van der Waals surface area contributed by atoms with Gasteiger partial charge in [0.25, 0.3) is 0 Å². The number of aromatic hydroxyl groups is 1. The fourth-order valence-corrected chi connectivity index (χ4v) is 1.40. The van der Waals surface area contributed by atoms with Gasteiger partial charge in [0.1, 0.15) is 5.75 Å². The first-order valence-electron chi connectivity index (χ1n) is 5.17. The molecule has 0 aliphatic heterocycles. The Hall–Kier alpha value is -2.09. The SMILES string of the molecule is Oc1ccc(/C=N\Cc2ccccc2)cc1. The molecule has 80 valence electrons. The molecule has 2 heteroatoms. The highest BCUT2D eigenvalue weighted by Crippen LogP contribution is 2.08. The average molecular weight is 211 g/mol. The second-order valence-electron chi connectivity index (χ2n) is 3.55. The summed E-state index contributed by atoms with van der Waals surface area (Å²) < 4.78 is 0. The first-order valence-corrected chi connectivity index (χ1v) is 5.17. The molecule has 1 N–H and O–H groups in total. The molecule has 0 aliphatic rings. The van der Waals surface area contributed by atoms with Crippen molar-refractivity contribution < 1.29 is 5.11 Å². The van der Waals surface area contributed by atoms with Crippen LogP contribution in [0, 0.1) is 0 Å². The summed E-state index contributed by atoms with van der Waals surface area (Å²) in [6.07, 6.45) is 1.81. The highest BCUT2D eigenvalue weighted by Gasteiger charge is 1.89. The largest absolute Gasteiger partial charge is 0.508 e. The molecular weight excluding hydrogens is 198 g/mol. The highest BCUT2D eigenvalue weighted by molar-refractivity contribution is 5.79. The number of phenolic OH excluding ortho intramolecular Hbond substituents is 1. The third-order valence-electron chi connectivity index (χ3n) is 2.25. The molecule has 0 aromatic heterocycles. The number of phenols is 1. The molecule has 16 heavy (non-hydrogen) atoms. The fraction of sp³-hybridized carbons (Fsp3) is 0.0714. The second kappa shape index (κ2) is 5.12. The minimum atomic E-state index is 0.278. The second-order valence-corrected chi connectivity index (χ2v) is 3.55. The molecule has 0 saturated heterocycles. The average Bonchev–Trinajstić information content (AvgIpc) is 2.33. The maximum absolute atomic E-state index is 9.12. The summed E-state index contributed by atoms with van der Waals surface area (Å²) in [4.78, 5) is 4.33. The van der Waals surface area contributed by atoms with Crippen molar-refractivity contribution in [3.8, 4) is 5.75 Å². The van der Waals surface area contributed by atoms with Crippen LogP contribution in [0.1, 0.15) is 11.1 Å². The molecule has 0 radical (unpaired) electrons. The fourth-order valence-electron chi connectivity index (χ4n) is 1.40. The van der Waals surface area contributed by atoms with E-state index in [1.165, 1.54) is 5.56 Å². The molecule has 0 atom stereocenters. The molecule has 0 aliphatic carbocycles. The topological polar surface area (TPSA) is 32.6 Å². The van der Waals surface area contributed by atoms with Crippen molar-refractivity contribution in [1.29, 1.82) is 0 Å². The van der Waals surface area contributed by atoms with E-state index in [1.807, 2.05) is 48.7 Å². The van der Waals surface area contributed by atoms with E-state index < -0.39 is 0 Å². The molecule has 2 nitrogen and oxygen atoms in total. The van der Waals surface area contributed by atoms with Crippen LogP contribution in [0.5, 0.6) is 5.75 Å². The van der Waals surface area contributed by atoms with E-state index in [1.54, 1.807) is 12.1 Å². The van der Waals surface area contributed by atoms with Crippen LogP contribution < -0.4 is 0 Å². The monoisotopic (exact) mass is 211 g/mol. The Morgan fingerprint density at radius 1 is 0.938 bits per heavy atom. The molecular formula is C14H13NO. The normalized spacial score (nSPS) is 10.8. The zero-order chi connectivity index (χ0) is 11.2. The zero-order valence-corrected chi connectivity index (χ0v) is 8.88. The van der Waals surface area contributed by atoms with Gasteiger partial charge >= 0.3 is 0 Å². The summed E-state index contributed by atoms with van der Waals surface area (Å²) >= 11 is 0. The van der Waals surface area contributed by atoms with E-state index in [0.717, 1.165) is 5.56 Å². The lowest BCUT2D eigenvalue weighted by Crippen LogP contribution is -1.83. The van der Waals surface area contributed by atoms with Gasteiger partial charge in [0, 0.05) is 6.21 Å². The molecule has 0 unspecified atom stereocenters.